The Morgan fingerprint density at radius 1 is 1.65 bits per heavy atom. The van der Waals surface area contributed by atoms with Gasteiger partial charge in [-0.15, -0.1) is 11.3 Å². The fourth-order valence-corrected chi connectivity index (χ4v) is 2.79. The lowest BCUT2D eigenvalue weighted by atomic mass is 10.2. The van der Waals surface area contributed by atoms with Gasteiger partial charge in [0, 0.05) is 35.5 Å². The van der Waals surface area contributed by atoms with Crippen molar-refractivity contribution in [2.45, 2.75) is 19.6 Å². The van der Waals surface area contributed by atoms with Crippen molar-refractivity contribution in [3.63, 3.8) is 0 Å². The molecule has 0 radical (unpaired) electrons. The van der Waals surface area contributed by atoms with E-state index in [1.54, 1.807) is 11.3 Å². The molecule has 1 aliphatic rings. The minimum absolute atomic E-state index is 0.347. The third kappa shape index (κ3) is 3.83. The molecule has 1 unspecified atom stereocenters. The maximum Gasteiger partial charge on any atom is 0.0674 e. The van der Waals surface area contributed by atoms with E-state index in [-0.39, 0.29) is 0 Å². The van der Waals surface area contributed by atoms with Crippen molar-refractivity contribution >= 4 is 11.3 Å². The van der Waals surface area contributed by atoms with Crippen LogP contribution in [-0.2, 0) is 11.3 Å². The summed E-state index contributed by atoms with van der Waals surface area (Å²) in [5.41, 5.74) is 6.44. The highest BCUT2D eigenvalue weighted by molar-refractivity contribution is 7.10. The molecule has 2 N–H and O–H groups in total. The van der Waals surface area contributed by atoms with Crippen molar-refractivity contribution in [1.82, 2.24) is 4.90 Å². The predicted octanol–water partition coefficient (Wildman–Crippen LogP) is 1.28. The molecule has 1 aromatic rings. The zero-order valence-electron chi connectivity index (χ0n) is 10.1. The maximum absolute atomic E-state index is 5.53. The quantitative estimate of drug-likeness (QED) is 0.804. The lowest BCUT2D eigenvalue weighted by molar-refractivity contribution is -0.0208. The van der Waals surface area contributed by atoms with Crippen molar-refractivity contribution in [3.8, 4) is 11.8 Å². The zero-order chi connectivity index (χ0) is 12.1. The first-order valence-corrected chi connectivity index (χ1v) is 6.76. The zero-order valence-corrected chi connectivity index (χ0v) is 10.9. The molecule has 1 aliphatic heterocycles. The van der Waals surface area contributed by atoms with E-state index in [0.717, 1.165) is 31.8 Å². The van der Waals surface area contributed by atoms with Gasteiger partial charge in [0.15, 0.2) is 0 Å². The van der Waals surface area contributed by atoms with E-state index < -0.39 is 0 Å². The van der Waals surface area contributed by atoms with Crippen LogP contribution in [0, 0.1) is 11.8 Å². The lowest BCUT2D eigenvalue weighted by Crippen LogP contribution is -2.40. The van der Waals surface area contributed by atoms with Crippen LogP contribution in [0.25, 0.3) is 0 Å². The topological polar surface area (TPSA) is 38.5 Å². The Bertz CT molecular complexity index is 419. The number of ether oxygens (including phenoxy) is 1. The summed E-state index contributed by atoms with van der Waals surface area (Å²) in [5, 5.41) is 2.10. The summed E-state index contributed by atoms with van der Waals surface area (Å²) < 4.78 is 5.53. The van der Waals surface area contributed by atoms with Crippen molar-refractivity contribution in [3.05, 3.63) is 21.9 Å². The summed E-state index contributed by atoms with van der Waals surface area (Å²) in [6.45, 7) is 6.42. The highest BCUT2D eigenvalue weighted by Crippen LogP contribution is 2.17. The van der Waals surface area contributed by atoms with Crippen molar-refractivity contribution in [1.29, 1.82) is 0 Å². The molecule has 17 heavy (non-hydrogen) atoms. The molecular formula is C13H18N2OS. The number of rotatable bonds is 2. The van der Waals surface area contributed by atoms with Gasteiger partial charge in [0.1, 0.15) is 0 Å². The van der Waals surface area contributed by atoms with E-state index in [1.807, 2.05) is 0 Å². The molecule has 0 saturated carbocycles. The molecule has 0 aromatic carbocycles. The summed E-state index contributed by atoms with van der Waals surface area (Å²) in [4.78, 5) is 3.79. The van der Waals surface area contributed by atoms with Crippen LogP contribution in [0.1, 0.15) is 17.4 Å². The molecule has 3 nitrogen and oxygen atoms in total. The number of nitrogens with two attached hydrogens (primary N) is 1. The Balaban J connectivity index is 1.92. The summed E-state index contributed by atoms with van der Waals surface area (Å²) in [6.07, 6.45) is 0.347. The summed E-state index contributed by atoms with van der Waals surface area (Å²) in [7, 11) is 0. The van der Waals surface area contributed by atoms with Crippen LogP contribution >= 0.6 is 11.3 Å². The summed E-state index contributed by atoms with van der Waals surface area (Å²) in [5.74, 6) is 5.94. The predicted molar refractivity (Wildman–Crippen MR) is 70.9 cm³/mol. The smallest absolute Gasteiger partial charge is 0.0674 e. The maximum atomic E-state index is 5.53. The third-order valence-corrected chi connectivity index (χ3v) is 3.61. The van der Waals surface area contributed by atoms with Crippen molar-refractivity contribution in [2.75, 3.05) is 26.2 Å². The number of morpholine rings is 1. The van der Waals surface area contributed by atoms with Gasteiger partial charge in [0.25, 0.3) is 0 Å². The Labute approximate surface area is 107 Å². The first-order chi connectivity index (χ1) is 8.28. The monoisotopic (exact) mass is 250 g/mol. The van der Waals surface area contributed by atoms with Crippen LogP contribution in [0.4, 0.5) is 0 Å². The molecule has 0 aliphatic carbocycles. The van der Waals surface area contributed by atoms with Crippen LogP contribution < -0.4 is 5.73 Å². The Kier molecular flexibility index (Phi) is 4.57. The standard InChI is InChI=1S/C13H18N2OS/c1-11-8-15(5-6-16-11)9-13-7-12(10-17-13)3-2-4-14/h7,10-11H,4-6,8-9,14H2,1H3. The normalized spacial score (nSPS) is 20.9. The second-order valence-electron chi connectivity index (χ2n) is 4.22. The molecule has 2 rings (SSSR count). The molecule has 2 heterocycles. The van der Waals surface area contributed by atoms with Gasteiger partial charge in [-0.25, -0.2) is 0 Å². The number of nitrogens with zero attached hydrogens (tertiary/aromatic N) is 1. The summed E-state index contributed by atoms with van der Waals surface area (Å²) >= 11 is 1.77. The molecule has 0 spiro atoms. The molecule has 1 atom stereocenters. The minimum atomic E-state index is 0.347. The van der Waals surface area contributed by atoms with E-state index in [0.29, 0.717) is 12.6 Å². The van der Waals surface area contributed by atoms with Gasteiger partial charge < -0.3 is 10.5 Å². The fourth-order valence-electron chi connectivity index (χ4n) is 1.94. The largest absolute Gasteiger partial charge is 0.376 e. The number of hydrogen-bond donors (Lipinski definition) is 1. The second-order valence-corrected chi connectivity index (χ2v) is 5.22. The SMILES string of the molecule is CC1CN(Cc2cc(C#CCN)cs2)CCO1. The average Bonchev–Trinajstić information content (AvgIpc) is 2.74. The summed E-state index contributed by atoms with van der Waals surface area (Å²) in [6, 6.07) is 2.16. The highest BCUT2D eigenvalue weighted by Gasteiger charge is 2.16. The Morgan fingerprint density at radius 3 is 3.29 bits per heavy atom. The van der Waals surface area contributed by atoms with Crippen LogP contribution in [0.5, 0.6) is 0 Å². The first kappa shape index (κ1) is 12.6. The van der Waals surface area contributed by atoms with Gasteiger partial charge in [0.05, 0.1) is 19.3 Å². The van der Waals surface area contributed by atoms with Gasteiger partial charge >= 0.3 is 0 Å². The first-order valence-electron chi connectivity index (χ1n) is 5.88. The highest BCUT2D eigenvalue weighted by atomic mass is 32.1. The van der Waals surface area contributed by atoms with Gasteiger partial charge in [0.2, 0.25) is 0 Å². The minimum Gasteiger partial charge on any atom is -0.376 e. The lowest BCUT2D eigenvalue weighted by Gasteiger charge is -2.30. The molecule has 92 valence electrons. The van der Waals surface area contributed by atoms with Gasteiger partial charge in [-0.2, -0.15) is 0 Å². The Morgan fingerprint density at radius 2 is 2.53 bits per heavy atom. The molecule has 0 bridgehead atoms. The van der Waals surface area contributed by atoms with Crippen LogP contribution in [-0.4, -0.2) is 37.2 Å². The van der Waals surface area contributed by atoms with Crippen LogP contribution in [0.15, 0.2) is 11.4 Å². The second kappa shape index (κ2) is 6.18. The van der Waals surface area contributed by atoms with E-state index in [1.165, 1.54) is 4.88 Å². The fraction of sp³-hybridized carbons (Fsp3) is 0.538. The van der Waals surface area contributed by atoms with Crippen LogP contribution in [0.3, 0.4) is 0 Å². The van der Waals surface area contributed by atoms with E-state index >= 15 is 0 Å². The number of hydrogen-bond acceptors (Lipinski definition) is 4. The third-order valence-electron chi connectivity index (χ3n) is 2.69. The molecule has 1 saturated heterocycles. The molecule has 1 aromatic heterocycles. The van der Waals surface area contributed by atoms with Crippen molar-refractivity contribution in [2.24, 2.45) is 5.73 Å². The average molecular weight is 250 g/mol. The van der Waals surface area contributed by atoms with Crippen molar-refractivity contribution < 1.29 is 4.74 Å². The molecular weight excluding hydrogens is 232 g/mol. The van der Waals surface area contributed by atoms with E-state index in [4.69, 9.17) is 10.5 Å². The Hall–Kier alpha value is -0.860. The van der Waals surface area contributed by atoms with E-state index in [9.17, 15) is 0 Å². The van der Waals surface area contributed by atoms with Gasteiger partial charge in [-0.1, -0.05) is 11.8 Å². The van der Waals surface area contributed by atoms with E-state index in [2.05, 4.69) is 35.1 Å². The van der Waals surface area contributed by atoms with Gasteiger partial charge in [-0.05, 0) is 13.0 Å². The number of thiophene rings is 1. The molecule has 4 heteroatoms. The molecule has 1 fully saturated rings. The van der Waals surface area contributed by atoms with Crippen LogP contribution in [0.2, 0.25) is 0 Å². The molecule has 0 amide bonds. The van der Waals surface area contributed by atoms with Gasteiger partial charge in [-0.3, -0.25) is 4.90 Å².